The number of carbonyl (C=O) groups excluding carboxylic acids is 1. The number of hydrogen-bond acceptors (Lipinski definition) is 2. The van der Waals surface area contributed by atoms with Crippen LogP contribution in [0.1, 0.15) is 20.3 Å². The van der Waals surface area contributed by atoms with Gasteiger partial charge >= 0.3 is 12.0 Å². The lowest BCUT2D eigenvalue weighted by molar-refractivity contribution is -0.137. The van der Waals surface area contributed by atoms with Crippen molar-refractivity contribution in [3.63, 3.8) is 0 Å². The van der Waals surface area contributed by atoms with Gasteiger partial charge in [-0.05, 0) is 26.0 Å². The maximum atomic E-state index is 12.4. The molecule has 5 heteroatoms. The molecule has 0 saturated heterocycles. The van der Waals surface area contributed by atoms with Gasteiger partial charge in [-0.1, -0.05) is 18.2 Å². The van der Waals surface area contributed by atoms with Gasteiger partial charge in [0.1, 0.15) is 0 Å². The first kappa shape index (κ1) is 15.0. The SMILES string of the molecule is CC(C)N(CCC(=O)O)C(=O)N(C)c1ccccc1. The predicted octanol–water partition coefficient (Wildman–Crippen LogP) is 2.43. The molecule has 104 valence electrons. The number of para-hydroxylation sites is 1. The fraction of sp³-hybridized carbons (Fsp3) is 0.429. The minimum Gasteiger partial charge on any atom is -0.481 e. The number of carboxylic acids is 1. The van der Waals surface area contributed by atoms with Gasteiger partial charge < -0.3 is 10.0 Å². The zero-order valence-electron chi connectivity index (χ0n) is 11.5. The van der Waals surface area contributed by atoms with Gasteiger partial charge in [-0.25, -0.2) is 4.79 Å². The highest BCUT2D eigenvalue weighted by atomic mass is 16.4. The second-order valence-electron chi connectivity index (χ2n) is 4.61. The second kappa shape index (κ2) is 6.78. The van der Waals surface area contributed by atoms with Crippen molar-refractivity contribution in [3.8, 4) is 0 Å². The summed E-state index contributed by atoms with van der Waals surface area (Å²) in [6.45, 7) is 3.96. The standard InChI is InChI=1S/C14H20N2O3/c1-11(2)16(10-9-13(17)18)14(19)15(3)12-7-5-4-6-8-12/h4-8,11H,9-10H2,1-3H3,(H,17,18). The molecule has 2 amide bonds. The number of urea groups is 1. The lowest BCUT2D eigenvalue weighted by Crippen LogP contribution is -2.45. The van der Waals surface area contributed by atoms with Crippen LogP contribution in [0.4, 0.5) is 10.5 Å². The molecule has 1 rings (SSSR count). The molecular weight excluding hydrogens is 244 g/mol. The quantitative estimate of drug-likeness (QED) is 0.888. The number of carboxylic acid groups (broad SMARTS) is 1. The third-order valence-corrected chi connectivity index (χ3v) is 2.87. The summed E-state index contributed by atoms with van der Waals surface area (Å²) < 4.78 is 0. The Morgan fingerprint density at radius 1 is 1.21 bits per heavy atom. The summed E-state index contributed by atoms with van der Waals surface area (Å²) in [4.78, 5) is 26.1. The number of anilines is 1. The van der Waals surface area contributed by atoms with Crippen LogP contribution in [0.15, 0.2) is 30.3 Å². The molecule has 1 aromatic carbocycles. The second-order valence-corrected chi connectivity index (χ2v) is 4.61. The Labute approximate surface area is 113 Å². The van der Waals surface area contributed by atoms with Crippen molar-refractivity contribution in [1.29, 1.82) is 0 Å². The van der Waals surface area contributed by atoms with Gasteiger partial charge in [-0.15, -0.1) is 0 Å². The van der Waals surface area contributed by atoms with E-state index in [1.165, 1.54) is 4.90 Å². The van der Waals surface area contributed by atoms with Crippen LogP contribution in [0.5, 0.6) is 0 Å². The Morgan fingerprint density at radius 2 is 1.79 bits per heavy atom. The third kappa shape index (κ3) is 4.28. The fourth-order valence-electron chi connectivity index (χ4n) is 1.75. The summed E-state index contributed by atoms with van der Waals surface area (Å²) in [7, 11) is 1.69. The van der Waals surface area contributed by atoms with Crippen molar-refractivity contribution < 1.29 is 14.7 Å². The molecule has 0 radical (unpaired) electrons. The number of rotatable bonds is 5. The largest absolute Gasteiger partial charge is 0.481 e. The van der Waals surface area contributed by atoms with Crippen LogP contribution in [0, 0.1) is 0 Å². The van der Waals surface area contributed by atoms with Gasteiger partial charge in [0.15, 0.2) is 0 Å². The number of nitrogens with zero attached hydrogens (tertiary/aromatic N) is 2. The molecular formula is C14H20N2O3. The van der Waals surface area contributed by atoms with Crippen LogP contribution >= 0.6 is 0 Å². The van der Waals surface area contributed by atoms with Crippen molar-refractivity contribution >= 4 is 17.7 Å². The monoisotopic (exact) mass is 264 g/mol. The molecule has 5 nitrogen and oxygen atoms in total. The van der Waals surface area contributed by atoms with Gasteiger partial charge in [0.2, 0.25) is 0 Å². The zero-order chi connectivity index (χ0) is 14.4. The minimum absolute atomic E-state index is 0.0435. The van der Waals surface area contributed by atoms with E-state index in [1.54, 1.807) is 11.9 Å². The van der Waals surface area contributed by atoms with Crippen molar-refractivity contribution in [2.45, 2.75) is 26.3 Å². The molecule has 1 aromatic rings. The van der Waals surface area contributed by atoms with Crippen molar-refractivity contribution in [1.82, 2.24) is 4.90 Å². The highest BCUT2D eigenvalue weighted by Gasteiger charge is 2.22. The molecule has 0 heterocycles. The Kier molecular flexibility index (Phi) is 5.36. The van der Waals surface area contributed by atoms with Crippen molar-refractivity contribution in [3.05, 3.63) is 30.3 Å². The summed E-state index contributed by atoms with van der Waals surface area (Å²) in [6.07, 6.45) is -0.0491. The highest BCUT2D eigenvalue weighted by Crippen LogP contribution is 2.14. The van der Waals surface area contributed by atoms with E-state index in [9.17, 15) is 9.59 Å². The molecule has 0 spiro atoms. The average molecular weight is 264 g/mol. The maximum Gasteiger partial charge on any atom is 0.324 e. The summed E-state index contributed by atoms with van der Waals surface area (Å²) in [5, 5.41) is 8.73. The van der Waals surface area contributed by atoms with Gasteiger partial charge in [-0.3, -0.25) is 9.69 Å². The topological polar surface area (TPSA) is 60.9 Å². The van der Waals surface area contributed by atoms with Gasteiger partial charge in [0.25, 0.3) is 0 Å². The predicted molar refractivity (Wildman–Crippen MR) is 74.3 cm³/mol. The lowest BCUT2D eigenvalue weighted by Gasteiger charge is -2.31. The van der Waals surface area contributed by atoms with Gasteiger partial charge in [-0.2, -0.15) is 0 Å². The summed E-state index contributed by atoms with van der Waals surface area (Å²) in [5.74, 6) is -0.902. The van der Waals surface area contributed by atoms with E-state index in [-0.39, 0.29) is 25.0 Å². The molecule has 19 heavy (non-hydrogen) atoms. The van der Waals surface area contributed by atoms with E-state index in [1.807, 2.05) is 44.2 Å². The number of carbonyl (C=O) groups is 2. The lowest BCUT2D eigenvalue weighted by atomic mass is 10.2. The van der Waals surface area contributed by atoms with E-state index in [2.05, 4.69) is 0 Å². The summed E-state index contributed by atoms with van der Waals surface area (Å²) >= 11 is 0. The number of benzene rings is 1. The number of amides is 2. The summed E-state index contributed by atoms with van der Waals surface area (Å²) in [5.41, 5.74) is 0.786. The van der Waals surface area contributed by atoms with Crippen LogP contribution in [-0.4, -0.2) is 41.6 Å². The highest BCUT2D eigenvalue weighted by molar-refractivity contribution is 5.91. The average Bonchev–Trinajstić information content (AvgIpc) is 2.38. The first-order valence-electron chi connectivity index (χ1n) is 6.24. The molecule has 0 atom stereocenters. The Hall–Kier alpha value is -2.04. The van der Waals surface area contributed by atoms with Crippen LogP contribution in [0.3, 0.4) is 0 Å². The Balaban J connectivity index is 2.79. The van der Waals surface area contributed by atoms with E-state index >= 15 is 0 Å². The van der Waals surface area contributed by atoms with E-state index in [0.29, 0.717) is 0 Å². The zero-order valence-corrected chi connectivity index (χ0v) is 11.5. The van der Waals surface area contributed by atoms with E-state index < -0.39 is 5.97 Å². The van der Waals surface area contributed by atoms with Gasteiger partial charge in [0, 0.05) is 25.3 Å². The van der Waals surface area contributed by atoms with Crippen molar-refractivity contribution in [2.24, 2.45) is 0 Å². The Morgan fingerprint density at radius 3 is 2.26 bits per heavy atom. The smallest absolute Gasteiger partial charge is 0.324 e. The molecule has 0 saturated carbocycles. The van der Waals surface area contributed by atoms with Crippen LogP contribution in [-0.2, 0) is 4.79 Å². The minimum atomic E-state index is -0.902. The van der Waals surface area contributed by atoms with Gasteiger partial charge in [0.05, 0.1) is 6.42 Å². The molecule has 0 aliphatic heterocycles. The number of aliphatic carboxylic acids is 1. The molecule has 0 aromatic heterocycles. The maximum absolute atomic E-state index is 12.4. The molecule has 0 fully saturated rings. The summed E-state index contributed by atoms with van der Waals surface area (Å²) in [6, 6.07) is 9.04. The fourth-order valence-corrected chi connectivity index (χ4v) is 1.75. The Bertz CT molecular complexity index is 432. The molecule has 0 bridgehead atoms. The van der Waals surface area contributed by atoms with E-state index in [0.717, 1.165) is 5.69 Å². The molecule has 0 aliphatic rings. The third-order valence-electron chi connectivity index (χ3n) is 2.87. The first-order valence-corrected chi connectivity index (χ1v) is 6.24. The van der Waals surface area contributed by atoms with Crippen LogP contribution in [0.2, 0.25) is 0 Å². The van der Waals surface area contributed by atoms with Crippen molar-refractivity contribution in [2.75, 3.05) is 18.5 Å². The molecule has 0 unspecified atom stereocenters. The number of hydrogen-bond donors (Lipinski definition) is 1. The van der Waals surface area contributed by atoms with E-state index in [4.69, 9.17) is 5.11 Å². The van der Waals surface area contributed by atoms with Crippen LogP contribution < -0.4 is 4.90 Å². The molecule has 1 N–H and O–H groups in total. The van der Waals surface area contributed by atoms with Crippen LogP contribution in [0.25, 0.3) is 0 Å². The normalized spacial score (nSPS) is 10.3. The first-order chi connectivity index (χ1) is 8.93. The molecule has 0 aliphatic carbocycles.